The third kappa shape index (κ3) is 2.83. The van der Waals surface area contributed by atoms with Crippen LogP contribution in [0.3, 0.4) is 0 Å². The average Bonchev–Trinajstić information content (AvgIpc) is 2.98. The molecule has 1 heterocycles. The van der Waals surface area contributed by atoms with E-state index >= 15 is 0 Å². The summed E-state index contributed by atoms with van der Waals surface area (Å²) >= 11 is 0. The van der Waals surface area contributed by atoms with Crippen LogP contribution in [0.1, 0.15) is 23.5 Å². The summed E-state index contributed by atoms with van der Waals surface area (Å²) in [7, 11) is 0. The molecule has 0 radical (unpaired) electrons. The molecule has 5 rings (SSSR count). The number of halogens is 1. The molecule has 132 valence electrons. The van der Waals surface area contributed by atoms with Gasteiger partial charge in [0.05, 0.1) is 0 Å². The van der Waals surface area contributed by atoms with Crippen molar-refractivity contribution in [3.8, 4) is 0 Å². The molecule has 0 amide bonds. The Morgan fingerprint density at radius 1 is 0.885 bits per heavy atom. The molecule has 1 saturated heterocycles. The second-order valence-corrected chi connectivity index (χ2v) is 7.97. The highest BCUT2D eigenvalue weighted by Crippen LogP contribution is 2.51. The molecule has 1 aliphatic heterocycles. The van der Waals surface area contributed by atoms with Gasteiger partial charge in [-0.15, -0.1) is 0 Å². The van der Waals surface area contributed by atoms with Gasteiger partial charge < -0.3 is 4.90 Å². The zero-order valence-corrected chi connectivity index (χ0v) is 14.9. The van der Waals surface area contributed by atoms with E-state index in [1.807, 2.05) is 12.1 Å². The van der Waals surface area contributed by atoms with Gasteiger partial charge in [-0.3, -0.25) is 0 Å². The van der Waals surface area contributed by atoms with Gasteiger partial charge in [-0.25, -0.2) is 4.39 Å². The first-order valence-corrected chi connectivity index (χ1v) is 9.72. The van der Waals surface area contributed by atoms with E-state index in [1.165, 1.54) is 41.4 Å². The highest BCUT2D eigenvalue weighted by molar-refractivity contribution is 5.85. The summed E-state index contributed by atoms with van der Waals surface area (Å²) in [6.07, 6.45) is 2.38. The lowest BCUT2D eigenvalue weighted by atomic mass is 9.64. The van der Waals surface area contributed by atoms with Crippen molar-refractivity contribution in [1.29, 1.82) is 0 Å². The van der Waals surface area contributed by atoms with E-state index in [4.69, 9.17) is 0 Å². The van der Waals surface area contributed by atoms with E-state index in [0.29, 0.717) is 5.92 Å². The minimum atomic E-state index is -0.132. The maximum absolute atomic E-state index is 13.2. The first-order chi connectivity index (χ1) is 12.8. The second kappa shape index (κ2) is 6.51. The molecule has 0 spiro atoms. The summed E-state index contributed by atoms with van der Waals surface area (Å²) in [4.78, 5) is 2.64. The Kier molecular flexibility index (Phi) is 4.01. The second-order valence-electron chi connectivity index (χ2n) is 7.97. The third-order valence-corrected chi connectivity index (χ3v) is 6.52. The fourth-order valence-corrected chi connectivity index (χ4v) is 5.06. The number of benzene rings is 3. The van der Waals surface area contributed by atoms with E-state index in [2.05, 4.69) is 47.4 Å². The smallest absolute Gasteiger partial charge is 0.123 e. The molecular weight excluding hydrogens is 321 g/mol. The van der Waals surface area contributed by atoms with Crippen LogP contribution in [-0.2, 0) is 6.42 Å². The molecule has 2 aliphatic rings. The summed E-state index contributed by atoms with van der Waals surface area (Å²) in [5.74, 6) is 2.08. The standard InChI is InChI=1S/C24H24FN/c25-21-10-8-19(9-11-21)23-14-20-15-26(16-24(20)23)13-12-18-6-3-5-17-4-1-2-7-22(17)18/h1-11,20,23-24H,12-16H2. The maximum atomic E-state index is 13.2. The summed E-state index contributed by atoms with van der Waals surface area (Å²) in [6, 6.07) is 22.5. The Bertz CT molecular complexity index is 912. The molecule has 0 N–H and O–H groups in total. The maximum Gasteiger partial charge on any atom is 0.123 e. The van der Waals surface area contributed by atoms with Crippen molar-refractivity contribution >= 4 is 10.8 Å². The van der Waals surface area contributed by atoms with Crippen molar-refractivity contribution in [2.75, 3.05) is 19.6 Å². The molecule has 3 aromatic rings. The van der Waals surface area contributed by atoms with Crippen LogP contribution in [0.5, 0.6) is 0 Å². The number of hydrogen-bond donors (Lipinski definition) is 0. The molecule has 26 heavy (non-hydrogen) atoms. The van der Waals surface area contributed by atoms with Gasteiger partial charge in [0.2, 0.25) is 0 Å². The predicted molar refractivity (Wildman–Crippen MR) is 105 cm³/mol. The van der Waals surface area contributed by atoms with Gasteiger partial charge in [0.15, 0.2) is 0 Å². The molecule has 3 aromatic carbocycles. The fraction of sp³-hybridized carbons (Fsp3) is 0.333. The third-order valence-electron chi connectivity index (χ3n) is 6.52. The minimum Gasteiger partial charge on any atom is -0.302 e. The van der Waals surface area contributed by atoms with Crippen LogP contribution < -0.4 is 0 Å². The Labute approximate surface area is 154 Å². The number of hydrogen-bond acceptors (Lipinski definition) is 1. The molecule has 2 fully saturated rings. The van der Waals surface area contributed by atoms with E-state index in [0.717, 1.165) is 24.8 Å². The van der Waals surface area contributed by atoms with Crippen LogP contribution >= 0.6 is 0 Å². The molecule has 3 unspecified atom stereocenters. The number of fused-ring (bicyclic) bond motifs is 2. The van der Waals surface area contributed by atoms with Crippen LogP contribution in [0.25, 0.3) is 10.8 Å². The fourth-order valence-electron chi connectivity index (χ4n) is 5.06. The SMILES string of the molecule is Fc1ccc(C2CC3CN(CCc4cccc5ccccc45)CC32)cc1. The molecule has 0 aromatic heterocycles. The lowest BCUT2D eigenvalue weighted by molar-refractivity contribution is 0.191. The van der Waals surface area contributed by atoms with Gasteiger partial charge in [0.1, 0.15) is 5.82 Å². The average molecular weight is 345 g/mol. The van der Waals surface area contributed by atoms with Gasteiger partial charge in [-0.1, -0.05) is 54.6 Å². The van der Waals surface area contributed by atoms with Gasteiger partial charge in [-0.2, -0.15) is 0 Å². The molecule has 1 aliphatic carbocycles. The van der Waals surface area contributed by atoms with Crippen molar-refractivity contribution < 1.29 is 4.39 Å². The Morgan fingerprint density at radius 3 is 2.58 bits per heavy atom. The van der Waals surface area contributed by atoms with Crippen LogP contribution in [0.15, 0.2) is 66.7 Å². The van der Waals surface area contributed by atoms with E-state index in [-0.39, 0.29) is 5.82 Å². The molecule has 1 saturated carbocycles. The lowest BCUT2D eigenvalue weighted by Crippen LogP contribution is -2.33. The lowest BCUT2D eigenvalue weighted by Gasteiger charge is -2.40. The topological polar surface area (TPSA) is 3.24 Å². The van der Waals surface area contributed by atoms with Crippen molar-refractivity contribution in [3.05, 3.63) is 83.7 Å². The van der Waals surface area contributed by atoms with Crippen molar-refractivity contribution in [2.45, 2.75) is 18.8 Å². The van der Waals surface area contributed by atoms with Crippen LogP contribution in [0, 0.1) is 17.7 Å². The summed E-state index contributed by atoms with van der Waals surface area (Å²) in [5.41, 5.74) is 2.78. The van der Waals surface area contributed by atoms with Crippen LogP contribution in [0.4, 0.5) is 4.39 Å². The summed E-state index contributed by atoms with van der Waals surface area (Å²) < 4.78 is 13.2. The Hall–Kier alpha value is -2.19. The number of nitrogens with zero attached hydrogens (tertiary/aromatic N) is 1. The van der Waals surface area contributed by atoms with E-state index < -0.39 is 0 Å². The molecule has 1 nitrogen and oxygen atoms in total. The zero-order valence-electron chi connectivity index (χ0n) is 14.9. The van der Waals surface area contributed by atoms with Crippen LogP contribution in [0.2, 0.25) is 0 Å². The van der Waals surface area contributed by atoms with E-state index in [9.17, 15) is 4.39 Å². The van der Waals surface area contributed by atoms with Gasteiger partial charge in [0, 0.05) is 19.6 Å². The van der Waals surface area contributed by atoms with E-state index in [1.54, 1.807) is 12.1 Å². The van der Waals surface area contributed by atoms with Crippen molar-refractivity contribution in [2.24, 2.45) is 11.8 Å². The largest absolute Gasteiger partial charge is 0.302 e. The first kappa shape index (κ1) is 16.0. The van der Waals surface area contributed by atoms with Crippen molar-refractivity contribution in [3.63, 3.8) is 0 Å². The Balaban J connectivity index is 1.24. The predicted octanol–water partition coefficient (Wildman–Crippen LogP) is 5.26. The van der Waals surface area contributed by atoms with Gasteiger partial charge in [-0.05, 0) is 64.6 Å². The Morgan fingerprint density at radius 2 is 1.69 bits per heavy atom. The highest BCUT2D eigenvalue weighted by atomic mass is 19.1. The molecule has 3 atom stereocenters. The van der Waals surface area contributed by atoms with Crippen LogP contribution in [-0.4, -0.2) is 24.5 Å². The van der Waals surface area contributed by atoms with Gasteiger partial charge in [0.25, 0.3) is 0 Å². The molecule has 2 heteroatoms. The minimum absolute atomic E-state index is 0.132. The summed E-state index contributed by atoms with van der Waals surface area (Å²) in [5, 5.41) is 2.73. The first-order valence-electron chi connectivity index (χ1n) is 9.72. The normalized spacial score (nSPS) is 25.2. The monoisotopic (exact) mass is 345 g/mol. The molecular formula is C24H24FN. The zero-order chi connectivity index (χ0) is 17.5. The number of rotatable bonds is 4. The van der Waals surface area contributed by atoms with Gasteiger partial charge >= 0.3 is 0 Å². The van der Waals surface area contributed by atoms with Crippen molar-refractivity contribution in [1.82, 2.24) is 4.90 Å². The quantitative estimate of drug-likeness (QED) is 0.624. The number of likely N-dealkylation sites (tertiary alicyclic amines) is 1. The summed E-state index contributed by atoms with van der Waals surface area (Å²) in [6.45, 7) is 3.56. The highest BCUT2D eigenvalue weighted by Gasteiger charge is 2.47. The molecule has 0 bridgehead atoms.